The van der Waals surface area contributed by atoms with E-state index in [0.717, 1.165) is 30.0 Å². The maximum Gasteiger partial charge on any atom is 0.0681 e. The van der Waals surface area contributed by atoms with E-state index in [0.29, 0.717) is 5.92 Å². The second-order valence-electron chi connectivity index (χ2n) is 7.10. The van der Waals surface area contributed by atoms with Gasteiger partial charge in [-0.2, -0.15) is 0 Å². The van der Waals surface area contributed by atoms with E-state index in [1.165, 1.54) is 0 Å². The Morgan fingerprint density at radius 2 is 2.14 bits per heavy atom. The lowest BCUT2D eigenvalue weighted by Crippen LogP contribution is -2.39. The van der Waals surface area contributed by atoms with Gasteiger partial charge in [0.2, 0.25) is 0 Å². The predicted molar refractivity (Wildman–Crippen MR) is 87.6 cm³/mol. The molecule has 21 heavy (non-hydrogen) atoms. The highest BCUT2D eigenvalue weighted by atomic mass is 35.5. The SMILES string of the molecule is CCCNC(c1ccncc1Cl)C1CC(C)(C)OC1(C)C. The van der Waals surface area contributed by atoms with Gasteiger partial charge in [0.15, 0.2) is 0 Å². The molecule has 0 spiro atoms. The molecule has 1 fully saturated rings. The summed E-state index contributed by atoms with van der Waals surface area (Å²) in [6.07, 6.45) is 5.65. The molecule has 3 nitrogen and oxygen atoms in total. The summed E-state index contributed by atoms with van der Waals surface area (Å²) in [4.78, 5) is 4.11. The molecule has 2 unspecified atom stereocenters. The Kier molecular flexibility index (Phi) is 4.96. The van der Waals surface area contributed by atoms with E-state index < -0.39 is 0 Å². The molecule has 0 bridgehead atoms. The summed E-state index contributed by atoms with van der Waals surface area (Å²) in [6.45, 7) is 11.8. The number of hydrogen-bond donors (Lipinski definition) is 1. The average Bonchev–Trinajstić information content (AvgIpc) is 2.60. The molecule has 2 heterocycles. The Hall–Kier alpha value is -0.640. The van der Waals surface area contributed by atoms with Crippen LogP contribution in [0.2, 0.25) is 5.02 Å². The quantitative estimate of drug-likeness (QED) is 0.877. The van der Waals surface area contributed by atoms with Crippen LogP contribution in [-0.4, -0.2) is 22.7 Å². The highest BCUT2D eigenvalue weighted by molar-refractivity contribution is 6.31. The summed E-state index contributed by atoms with van der Waals surface area (Å²) in [7, 11) is 0. The first-order chi connectivity index (χ1) is 9.77. The van der Waals surface area contributed by atoms with Crippen molar-refractivity contribution >= 4 is 11.6 Å². The van der Waals surface area contributed by atoms with Gasteiger partial charge >= 0.3 is 0 Å². The van der Waals surface area contributed by atoms with E-state index in [9.17, 15) is 0 Å². The van der Waals surface area contributed by atoms with Crippen molar-refractivity contribution in [3.8, 4) is 0 Å². The van der Waals surface area contributed by atoms with Crippen molar-refractivity contribution < 1.29 is 4.74 Å². The van der Waals surface area contributed by atoms with Gasteiger partial charge in [0.05, 0.1) is 16.2 Å². The van der Waals surface area contributed by atoms with Gasteiger partial charge in [-0.05, 0) is 58.7 Å². The Bertz CT molecular complexity index is 487. The minimum absolute atomic E-state index is 0.0974. The number of nitrogens with zero attached hydrogens (tertiary/aromatic N) is 1. The van der Waals surface area contributed by atoms with Crippen LogP contribution in [0.4, 0.5) is 0 Å². The second kappa shape index (κ2) is 6.23. The van der Waals surface area contributed by atoms with Gasteiger partial charge in [-0.15, -0.1) is 0 Å². The van der Waals surface area contributed by atoms with Crippen LogP contribution in [0.15, 0.2) is 18.5 Å². The third-order valence-corrected chi connectivity index (χ3v) is 4.62. The maximum atomic E-state index is 6.40. The van der Waals surface area contributed by atoms with Crippen LogP contribution in [0, 0.1) is 5.92 Å². The Labute approximate surface area is 133 Å². The van der Waals surface area contributed by atoms with Gasteiger partial charge in [0.1, 0.15) is 0 Å². The summed E-state index contributed by atoms with van der Waals surface area (Å²) in [5.74, 6) is 0.374. The highest BCUT2D eigenvalue weighted by Gasteiger charge is 2.49. The van der Waals surface area contributed by atoms with Gasteiger partial charge in [0, 0.05) is 24.4 Å². The molecule has 4 heteroatoms. The minimum atomic E-state index is -0.179. The number of aromatic nitrogens is 1. The number of pyridine rings is 1. The Morgan fingerprint density at radius 1 is 1.43 bits per heavy atom. The summed E-state index contributed by atoms with van der Waals surface area (Å²) in [6, 6.07) is 2.22. The average molecular weight is 311 g/mol. The first kappa shape index (κ1) is 16.7. The molecule has 2 rings (SSSR count). The van der Waals surface area contributed by atoms with Gasteiger partial charge in [0.25, 0.3) is 0 Å². The van der Waals surface area contributed by atoms with E-state index in [2.05, 4.69) is 44.9 Å². The van der Waals surface area contributed by atoms with Crippen LogP contribution in [0.1, 0.15) is 59.1 Å². The molecule has 1 aromatic rings. The predicted octanol–water partition coefficient (Wildman–Crippen LogP) is 4.37. The van der Waals surface area contributed by atoms with Crippen molar-refractivity contribution in [2.75, 3.05) is 6.54 Å². The van der Waals surface area contributed by atoms with Crippen molar-refractivity contribution in [3.05, 3.63) is 29.0 Å². The van der Waals surface area contributed by atoms with Crippen molar-refractivity contribution in [1.82, 2.24) is 10.3 Å². The highest BCUT2D eigenvalue weighted by Crippen LogP contribution is 2.48. The number of rotatable bonds is 5. The molecule has 118 valence electrons. The summed E-state index contributed by atoms with van der Waals surface area (Å²) in [5.41, 5.74) is 0.848. The smallest absolute Gasteiger partial charge is 0.0681 e. The first-order valence-corrected chi connectivity index (χ1v) is 8.17. The van der Waals surface area contributed by atoms with E-state index >= 15 is 0 Å². The molecule has 1 aliphatic rings. The molecule has 0 amide bonds. The van der Waals surface area contributed by atoms with E-state index in [1.54, 1.807) is 6.20 Å². The van der Waals surface area contributed by atoms with Crippen LogP contribution in [-0.2, 0) is 4.74 Å². The molecule has 0 aliphatic carbocycles. The summed E-state index contributed by atoms with van der Waals surface area (Å²) >= 11 is 6.40. The largest absolute Gasteiger partial charge is 0.369 e. The van der Waals surface area contributed by atoms with Crippen LogP contribution in [0.3, 0.4) is 0 Å². The topological polar surface area (TPSA) is 34.2 Å². The lowest BCUT2D eigenvalue weighted by atomic mass is 9.79. The Morgan fingerprint density at radius 3 is 2.67 bits per heavy atom. The zero-order valence-corrected chi connectivity index (χ0v) is 14.5. The summed E-state index contributed by atoms with van der Waals surface area (Å²) < 4.78 is 6.27. The van der Waals surface area contributed by atoms with E-state index in [1.807, 2.05) is 12.3 Å². The monoisotopic (exact) mass is 310 g/mol. The Balaban J connectivity index is 2.35. The zero-order chi connectivity index (χ0) is 15.7. The van der Waals surface area contributed by atoms with Crippen molar-refractivity contribution in [2.24, 2.45) is 5.92 Å². The van der Waals surface area contributed by atoms with E-state index in [-0.39, 0.29) is 17.2 Å². The van der Waals surface area contributed by atoms with Gasteiger partial charge in [-0.25, -0.2) is 0 Å². The normalized spacial score (nSPS) is 25.0. The van der Waals surface area contributed by atoms with Crippen molar-refractivity contribution in [3.63, 3.8) is 0 Å². The molecule has 1 aliphatic heterocycles. The standard InChI is InChI=1S/C17H27ClN2O/c1-6-8-20-15(12-7-9-19-11-14(12)18)13-10-16(2,3)21-17(13,4)5/h7,9,11,13,15,20H,6,8,10H2,1-5H3. The molecule has 0 saturated carbocycles. The van der Waals surface area contributed by atoms with Crippen molar-refractivity contribution in [2.45, 2.75) is 64.7 Å². The minimum Gasteiger partial charge on any atom is -0.369 e. The number of ether oxygens (including phenoxy) is 1. The molecule has 0 radical (unpaired) electrons. The van der Waals surface area contributed by atoms with Gasteiger partial charge in [-0.3, -0.25) is 4.98 Å². The zero-order valence-electron chi connectivity index (χ0n) is 13.7. The number of hydrogen-bond acceptors (Lipinski definition) is 3. The van der Waals surface area contributed by atoms with Gasteiger partial charge < -0.3 is 10.1 Å². The molecular weight excluding hydrogens is 284 g/mol. The fraction of sp³-hybridized carbons (Fsp3) is 0.706. The third-order valence-electron chi connectivity index (χ3n) is 4.30. The van der Waals surface area contributed by atoms with Crippen LogP contribution in [0.25, 0.3) is 0 Å². The molecule has 1 N–H and O–H groups in total. The fourth-order valence-corrected chi connectivity index (χ4v) is 3.77. The lowest BCUT2D eigenvalue weighted by Gasteiger charge is -2.34. The van der Waals surface area contributed by atoms with E-state index in [4.69, 9.17) is 16.3 Å². The van der Waals surface area contributed by atoms with Crippen molar-refractivity contribution in [1.29, 1.82) is 0 Å². The number of nitrogens with one attached hydrogen (secondary N) is 1. The third kappa shape index (κ3) is 3.77. The second-order valence-corrected chi connectivity index (χ2v) is 7.51. The molecule has 2 atom stereocenters. The van der Waals surface area contributed by atoms with Crippen LogP contribution in [0.5, 0.6) is 0 Å². The lowest BCUT2D eigenvalue weighted by molar-refractivity contribution is -0.0778. The van der Waals surface area contributed by atoms with Crippen LogP contribution < -0.4 is 5.32 Å². The van der Waals surface area contributed by atoms with Gasteiger partial charge in [-0.1, -0.05) is 18.5 Å². The maximum absolute atomic E-state index is 6.40. The molecule has 0 aromatic carbocycles. The number of halogens is 1. The summed E-state index contributed by atoms with van der Waals surface area (Å²) in [5, 5.41) is 4.40. The molecule has 1 saturated heterocycles. The molecular formula is C17H27ClN2O. The van der Waals surface area contributed by atoms with Crippen LogP contribution >= 0.6 is 11.6 Å². The fourth-order valence-electron chi connectivity index (χ4n) is 3.53. The first-order valence-electron chi connectivity index (χ1n) is 7.80. The molecule has 1 aromatic heterocycles.